The molecule has 2 atom stereocenters. The molecule has 1 aliphatic carbocycles. The van der Waals surface area contributed by atoms with Gasteiger partial charge in [0.2, 0.25) is 0 Å². The van der Waals surface area contributed by atoms with Crippen LogP contribution in [0.2, 0.25) is 0 Å². The maximum Gasteiger partial charge on any atom is 0.408 e. The summed E-state index contributed by atoms with van der Waals surface area (Å²) in [6, 6.07) is 9.44. The lowest BCUT2D eigenvalue weighted by Gasteiger charge is -2.30. The van der Waals surface area contributed by atoms with Crippen molar-refractivity contribution in [2.75, 3.05) is 7.11 Å². The first-order valence-electron chi connectivity index (χ1n) is 10.1. The highest BCUT2D eigenvalue weighted by atomic mass is 16.6. The fraction of sp³-hybridized carbons (Fsp3) is 0.636. The Bertz CT molecular complexity index is 581. The van der Waals surface area contributed by atoms with Crippen molar-refractivity contribution in [1.29, 1.82) is 0 Å². The van der Waals surface area contributed by atoms with E-state index in [-0.39, 0.29) is 12.0 Å². The van der Waals surface area contributed by atoms with Gasteiger partial charge in [0.05, 0.1) is 7.11 Å². The Hall–Kier alpha value is -2.04. The molecule has 27 heavy (non-hydrogen) atoms. The fourth-order valence-corrected chi connectivity index (χ4v) is 3.80. The predicted octanol–water partition coefficient (Wildman–Crippen LogP) is 4.49. The van der Waals surface area contributed by atoms with Gasteiger partial charge in [-0.1, -0.05) is 63.4 Å². The molecule has 0 saturated heterocycles. The molecule has 0 aromatic heterocycles. The number of rotatable bonds is 8. The van der Waals surface area contributed by atoms with Crippen LogP contribution in [0, 0.1) is 11.8 Å². The number of carbonyl (C=O) groups excluding carboxylic acids is 2. The van der Waals surface area contributed by atoms with Crippen molar-refractivity contribution in [3.05, 3.63) is 35.9 Å². The van der Waals surface area contributed by atoms with Gasteiger partial charge in [-0.3, -0.25) is 0 Å². The molecule has 0 spiro atoms. The van der Waals surface area contributed by atoms with Crippen LogP contribution in [0.25, 0.3) is 0 Å². The Morgan fingerprint density at radius 2 is 1.78 bits per heavy atom. The monoisotopic (exact) mass is 375 g/mol. The minimum atomic E-state index is -0.675. The van der Waals surface area contributed by atoms with Crippen molar-refractivity contribution in [2.45, 2.75) is 70.9 Å². The summed E-state index contributed by atoms with van der Waals surface area (Å²) in [5, 5.41) is 2.72. The Kier molecular flexibility index (Phi) is 8.62. The van der Waals surface area contributed by atoms with Gasteiger partial charge in [0.1, 0.15) is 12.1 Å². The third kappa shape index (κ3) is 7.24. The number of benzene rings is 1. The molecule has 1 aromatic carbocycles. The summed E-state index contributed by atoms with van der Waals surface area (Å²) in [5.41, 5.74) is 1.16. The van der Waals surface area contributed by atoms with Gasteiger partial charge in [-0.05, 0) is 36.7 Å². The van der Waals surface area contributed by atoms with E-state index in [1.54, 1.807) is 0 Å². The second kappa shape index (κ2) is 11.0. The quantitative estimate of drug-likeness (QED) is 0.680. The summed E-state index contributed by atoms with van der Waals surface area (Å²) < 4.78 is 10.7. The van der Waals surface area contributed by atoms with Crippen molar-refractivity contribution in [1.82, 2.24) is 5.32 Å². The van der Waals surface area contributed by atoms with Crippen molar-refractivity contribution >= 4 is 12.1 Å². The number of alkyl carbamates (subject to hydrolysis) is 1. The van der Waals surface area contributed by atoms with Crippen molar-refractivity contribution in [3.8, 4) is 0 Å². The lowest BCUT2D eigenvalue weighted by atomic mass is 9.83. The zero-order chi connectivity index (χ0) is 19.6. The third-order valence-corrected chi connectivity index (χ3v) is 5.20. The van der Waals surface area contributed by atoms with Crippen LogP contribution in [-0.4, -0.2) is 31.3 Å². The Labute approximate surface area is 162 Å². The molecule has 1 saturated carbocycles. The molecule has 0 bridgehead atoms. The topological polar surface area (TPSA) is 64.6 Å². The van der Waals surface area contributed by atoms with Gasteiger partial charge in [-0.25, -0.2) is 9.59 Å². The molecule has 150 valence electrons. The number of esters is 1. The van der Waals surface area contributed by atoms with E-state index in [0.717, 1.165) is 18.4 Å². The van der Waals surface area contributed by atoms with Crippen LogP contribution in [0.1, 0.15) is 57.9 Å². The van der Waals surface area contributed by atoms with Gasteiger partial charge in [-0.2, -0.15) is 0 Å². The number of carbonyl (C=O) groups is 2. The molecule has 5 nitrogen and oxygen atoms in total. The average molecular weight is 376 g/mol. The van der Waals surface area contributed by atoms with Gasteiger partial charge >= 0.3 is 12.1 Å². The van der Waals surface area contributed by atoms with Crippen molar-refractivity contribution in [2.24, 2.45) is 11.8 Å². The largest absolute Gasteiger partial charge is 0.467 e. The van der Waals surface area contributed by atoms with E-state index in [1.165, 1.54) is 26.4 Å². The normalized spacial score (nSPS) is 17.2. The molecule has 1 aromatic rings. The second-order valence-electron chi connectivity index (χ2n) is 7.88. The van der Waals surface area contributed by atoms with E-state index < -0.39 is 18.1 Å². The number of ether oxygens (including phenoxy) is 2. The summed E-state index contributed by atoms with van der Waals surface area (Å²) in [7, 11) is 1.34. The molecule has 2 unspecified atom stereocenters. The molecule has 0 aliphatic heterocycles. The molecule has 1 aliphatic rings. The SMILES string of the molecule is COC(=O)C(CC(C)C)NC(=O)OC(Cc1ccccc1)C1CCCCC1. The zero-order valence-electron chi connectivity index (χ0n) is 16.8. The smallest absolute Gasteiger partial charge is 0.408 e. The molecule has 5 heteroatoms. The van der Waals surface area contributed by atoms with Gasteiger partial charge in [0, 0.05) is 6.42 Å². The maximum absolute atomic E-state index is 12.6. The fourth-order valence-electron chi connectivity index (χ4n) is 3.80. The van der Waals surface area contributed by atoms with Crippen LogP contribution in [0.4, 0.5) is 4.79 Å². The van der Waals surface area contributed by atoms with E-state index in [4.69, 9.17) is 9.47 Å². The van der Waals surface area contributed by atoms with E-state index in [1.807, 2.05) is 32.0 Å². The van der Waals surface area contributed by atoms with Crippen LogP contribution < -0.4 is 5.32 Å². The highest BCUT2D eigenvalue weighted by Gasteiger charge is 2.29. The Morgan fingerprint density at radius 3 is 2.37 bits per heavy atom. The summed E-state index contributed by atoms with van der Waals surface area (Å²) in [6.45, 7) is 4.01. The minimum absolute atomic E-state index is 0.176. The Balaban J connectivity index is 2.03. The molecule has 1 amide bonds. The number of methoxy groups -OCH3 is 1. The van der Waals surface area contributed by atoms with E-state index >= 15 is 0 Å². The first kappa shape index (κ1) is 21.3. The van der Waals surface area contributed by atoms with E-state index in [2.05, 4.69) is 17.4 Å². The van der Waals surface area contributed by atoms with Gasteiger partial charge in [-0.15, -0.1) is 0 Å². The van der Waals surface area contributed by atoms with Crippen LogP contribution in [0.3, 0.4) is 0 Å². The lowest BCUT2D eigenvalue weighted by Crippen LogP contribution is -2.45. The van der Waals surface area contributed by atoms with Gasteiger partial charge < -0.3 is 14.8 Å². The van der Waals surface area contributed by atoms with Gasteiger partial charge in [0.25, 0.3) is 0 Å². The first-order valence-corrected chi connectivity index (χ1v) is 10.1. The molecule has 0 heterocycles. The number of amides is 1. The summed E-state index contributed by atoms with van der Waals surface area (Å²) >= 11 is 0. The first-order chi connectivity index (χ1) is 13.0. The second-order valence-corrected chi connectivity index (χ2v) is 7.88. The molecule has 1 N–H and O–H groups in total. The van der Waals surface area contributed by atoms with Crippen LogP contribution in [0.15, 0.2) is 30.3 Å². The zero-order valence-corrected chi connectivity index (χ0v) is 16.8. The minimum Gasteiger partial charge on any atom is -0.467 e. The number of hydrogen-bond donors (Lipinski definition) is 1. The molecule has 1 fully saturated rings. The number of nitrogens with one attached hydrogen (secondary N) is 1. The highest BCUT2D eigenvalue weighted by Crippen LogP contribution is 2.30. The lowest BCUT2D eigenvalue weighted by molar-refractivity contribution is -0.143. The average Bonchev–Trinajstić information content (AvgIpc) is 2.67. The van der Waals surface area contributed by atoms with Crippen LogP contribution >= 0.6 is 0 Å². The van der Waals surface area contributed by atoms with Crippen LogP contribution in [0.5, 0.6) is 0 Å². The summed E-state index contributed by atoms with van der Waals surface area (Å²) in [4.78, 5) is 24.5. The Morgan fingerprint density at radius 1 is 1.11 bits per heavy atom. The van der Waals surface area contributed by atoms with Crippen molar-refractivity contribution < 1.29 is 19.1 Å². The molecule has 0 radical (unpaired) electrons. The highest BCUT2D eigenvalue weighted by molar-refractivity contribution is 5.81. The van der Waals surface area contributed by atoms with Crippen molar-refractivity contribution in [3.63, 3.8) is 0 Å². The predicted molar refractivity (Wildman–Crippen MR) is 105 cm³/mol. The standard InChI is InChI=1S/C22H33NO4/c1-16(2)14-19(21(24)26-3)23-22(25)27-20(18-12-8-5-9-13-18)15-17-10-6-4-7-11-17/h4,6-7,10-11,16,18-20H,5,8-9,12-15H2,1-3H3,(H,23,25). The van der Waals surface area contributed by atoms with Gasteiger partial charge in [0.15, 0.2) is 0 Å². The summed E-state index contributed by atoms with van der Waals surface area (Å²) in [5.74, 6) is 0.192. The molecular weight excluding hydrogens is 342 g/mol. The van der Waals surface area contributed by atoms with E-state index in [0.29, 0.717) is 18.8 Å². The summed E-state index contributed by atoms with van der Waals surface area (Å²) in [6.07, 6.45) is 6.29. The molecular formula is C22H33NO4. The van der Waals surface area contributed by atoms with Crippen LogP contribution in [-0.2, 0) is 20.7 Å². The maximum atomic E-state index is 12.6. The van der Waals surface area contributed by atoms with E-state index in [9.17, 15) is 9.59 Å². The third-order valence-electron chi connectivity index (χ3n) is 5.20. The molecule has 2 rings (SSSR count). The number of hydrogen-bond acceptors (Lipinski definition) is 4.